The normalized spacial score (nSPS) is 20.3. The Bertz CT molecular complexity index is 634. The summed E-state index contributed by atoms with van der Waals surface area (Å²) < 4.78 is 1.54. The van der Waals surface area contributed by atoms with Crippen LogP contribution in [0.15, 0.2) is 16.9 Å². The van der Waals surface area contributed by atoms with E-state index < -0.39 is 0 Å². The number of rotatable bonds is 2. The Morgan fingerprint density at radius 1 is 1.42 bits per heavy atom. The second-order valence-corrected chi connectivity index (χ2v) is 5.62. The van der Waals surface area contributed by atoms with E-state index in [2.05, 4.69) is 29.2 Å². The lowest BCUT2D eigenvalue weighted by molar-refractivity contribution is 0.454. The molecule has 0 bridgehead atoms. The van der Waals surface area contributed by atoms with Gasteiger partial charge < -0.3 is 5.32 Å². The Balaban J connectivity index is 2.05. The number of nitrogens with one attached hydrogen (secondary N) is 2. The standard InChI is InChI=1S/C14H20N4O/c1-9(2)11-6-13-16-12(7-14(19)18(13)17-11)10-4-3-5-15-8-10/h6-7,9-10,15,17H,3-5,8H2,1-2H3. The molecule has 0 radical (unpaired) electrons. The zero-order chi connectivity index (χ0) is 13.4. The van der Waals surface area contributed by atoms with Gasteiger partial charge in [-0.15, -0.1) is 0 Å². The van der Waals surface area contributed by atoms with E-state index in [1.54, 1.807) is 6.07 Å². The molecule has 2 N–H and O–H groups in total. The van der Waals surface area contributed by atoms with Crippen molar-refractivity contribution < 1.29 is 0 Å². The summed E-state index contributed by atoms with van der Waals surface area (Å²) in [5.41, 5.74) is 2.68. The molecule has 2 aromatic heterocycles. The van der Waals surface area contributed by atoms with E-state index in [1.807, 2.05) is 6.07 Å². The van der Waals surface area contributed by atoms with Crippen LogP contribution in [-0.2, 0) is 0 Å². The highest BCUT2D eigenvalue weighted by Gasteiger charge is 2.18. The topological polar surface area (TPSA) is 62.2 Å². The maximum atomic E-state index is 12.1. The fourth-order valence-corrected chi connectivity index (χ4v) is 2.64. The van der Waals surface area contributed by atoms with Crippen molar-refractivity contribution in [2.75, 3.05) is 13.1 Å². The molecule has 5 heteroatoms. The molecule has 0 saturated carbocycles. The van der Waals surface area contributed by atoms with E-state index in [-0.39, 0.29) is 5.56 Å². The number of hydrogen-bond donors (Lipinski definition) is 2. The van der Waals surface area contributed by atoms with Crippen molar-refractivity contribution in [1.82, 2.24) is 19.9 Å². The zero-order valence-corrected chi connectivity index (χ0v) is 11.4. The Morgan fingerprint density at radius 2 is 2.26 bits per heavy atom. The summed E-state index contributed by atoms with van der Waals surface area (Å²) >= 11 is 0. The van der Waals surface area contributed by atoms with E-state index >= 15 is 0 Å². The van der Waals surface area contributed by atoms with E-state index in [0.29, 0.717) is 11.8 Å². The number of fused-ring (bicyclic) bond motifs is 1. The third-order valence-corrected chi connectivity index (χ3v) is 3.83. The van der Waals surface area contributed by atoms with Crippen LogP contribution in [0.4, 0.5) is 0 Å². The molecular formula is C14H20N4O. The first-order valence-electron chi connectivity index (χ1n) is 6.98. The van der Waals surface area contributed by atoms with Crippen molar-refractivity contribution in [3.05, 3.63) is 33.9 Å². The Morgan fingerprint density at radius 3 is 2.95 bits per heavy atom. The maximum absolute atomic E-state index is 12.1. The van der Waals surface area contributed by atoms with Crippen LogP contribution in [-0.4, -0.2) is 27.7 Å². The monoisotopic (exact) mass is 260 g/mol. The highest BCUT2D eigenvalue weighted by molar-refractivity contribution is 5.41. The first kappa shape index (κ1) is 12.4. The molecule has 0 aliphatic carbocycles. The molecule has 0 spiro atoms. The van der Waals surface area contributed by atoms with E-state index in [4.69, 9.17) is 0 Å². The van der Waals surface area contributed by atoms with Crippen LogP contribution in [0.5, 0.6) is 0 Å². The van der Waals surface area contributed by atoms with E-state index in [0.717, 1.165) is 43.0 Å². The van der Waals surface area contributed by atoms with Crippen molar-refractivity contribution in [1.29, 1.82) is 0 Å². The van der Waals surface area contributed by atoms with Gasteiger partial charge in [0, 0.05) is 30.3 Å². The van der Waals surface area contributed by atoms with Gasteiger partial charge in [0.25, 0.3) is 5.56 Å². The van der Waals surface area contributed by atoms with E-state index in [9.17, 15) is 4.79 Å². The summed E-state index contributed by atoms with van der Waals surface area (Å²) in [6.07, 6.45) is 2.26. The molecule has 1 aliphatic heterocycles. The minimum absolute atomic E-state index is 0.0162. The van der Waals surface area contributed by atoms with Crippen LogP contribution in [0.3, 0.4) is 0 Å². The number of piperidine rings is 1. The highest BCUT2D eigenvalue weighted by Crippen LogP contribution is 2.21. The minimum atomic E-state index is -0.0162. The zero-order valence-electron chi connectivity index (χ0n) is 11.4. The molecule has 1 aliphatic rings. The summed E-state index contributed by atoms with van der Waals surface area (Å²) in [5, 5.41) is 6.49. The number of aromatic amines is 1. The smallest absolute Gasteiger partial charge is 0.272 e. The fraction of sp³-hybridized carbons (Fsp3) is 0.571. The van der Waals surface area contributed by atoms with Gasteiger partial charge in [-0.3, -0.25) is 9.89 Å². The third kappa shape index (κ3) is 2.30. The molecule has 0 amide bonds. The average molecular weight is 260 g/mol. The van der Waals surface area contributed by atoms with Crippen molar-refractivity contribution >= 4 is 5.65 Å². The quantitative estimate of drug-likeness (QED) is 0.862. The van der Waals surface area contributed by atoms with E-state index in [1.165, 1.54) is 4.52 Å². The van der Waals surface area contributed by atoms with Gasteiger partial charge in [-0.1, -0.05) is 13.8 Å². The van der Waals surface area contributed by atoms with Gasteiger partial charge >= 0.3 is 0 Å². The van der Waals surface area contributed by atoms with Crippen LogP contribution >= 0.6 is 0 Å². The third-order valence-electron chi connectivity index (χ3n) is 3.83. The fourth-order valence-electron chi connectivity index (χ4n) is 2.64. The predicted octanol–water partition coefficient (Wildman–Crippen LogP) is 1.61. The Labute approximate surface area is 112 Å². The van der Waals surface area contributed by atoms with Crippen LogP contribution in [0, 0.1) is 0 Å². The molecule has 1 saturated heterocycles. The molecule has 19 heavy (non-hydrogen) atoms. The SMILES string of the molecule is CC(C)c1cc2nc(C3CCCNC3)cc(=O)n2[nH]1. The average Bonchev–Trinajstić information content (AvgIpc) is 2.84. The first-order chi connectivity index (χ1) is 9.15. The number of aromatic nitrogens is 3. The van der Waals surface area contributed by atoms with Gasteiger partial charge in [-0.2, -0.15) is 0 Å². The Hall–Kier alpha value is -1.62. The molecule has 102 valence electrons. The van der Waals surface area contributed by atoms with Crippen molar-refractivity contribution in [3.63, 3.8) is 0 Å². The lowest BCUT2D eigenvalue weighted by atomic mass is 9.96. The lowest BCUT2D eigenvalue weighted by Crippen LogP contribution is -2.30. The molecule has 5 nitrogen and oxygen atoms in total. The molecule has 1 fully saturated rings. The minimum Gasteiger partial charge on any atom is -0.316 e. The summed E-state index contributed by atoms with van der Waals surface area (Å²) in [5.74, 6) is 0.727. The first-order valence-corrected chi connectivity index (χ1v) is 6.98. The molecule has 0 aromatic carbocycles. The van der Waals surface area contributed by atoms with Crippen LogP contribution < -0.4 is 10.9 Å². The van der Waals surface area contributed by atoms with Gasteiger partial charge in [0.05, 0.1) is 5.69 Å². The van der Waals surface area contributed by atoms with Gasteiger partial charge in [0.1, 0.15) is 0 Å². The van der Waals surface area contributed by atoms with Gasteiger partial charge in [-0.25, -0.2) is 9.50 Å². The van der Waals surface area contributed by atoms with Crippen molar-refractivity contribution in [2.24, 2.45) is 0 Å². The summed E-state index contributed by atoms with van der Waals surface area (Å²) in [7, 11) is 0. The van der Waals surface area contributed by atoms with Crippen LogP contribution in [0.25, 0.3) is 5.65 Å². The van der Waals surface area contributed by atoms with Gasteiger partial charge in [0.2, 0.25) is 0 Å². The maximum Gasteiger partial charge on any atom is 0.272 e. The summed E-state index contributed by atoms with van der Waals surface area (Å²) in [4.78, 5) is 16.8. The van der Waals surface area contributed by atoms with Gasteiger partial charge in [-0.05, 0) is 25.3 Å². The molecular weight excluding hydrogens is 240 g/mol. The second-order valence-electron chi connectivity index (χ2n) is 5.62. The van der Waals surface area contributed by atoms with Gasteiger partial charge in [0.15, 0.2) is 5.65 Å². The number of H-pyrrole nitrogens is 1. The van der Waals surface area contributed by atoms with Crippen LogP contribution in [0.2, 0.25) is 0 Å². The summed E-state index contributed by atoms with van der Waals surface area (Å²) in [6, 6.07) is 3.65. The second kappa shape index (κ2) is 4.81. The largest absolute Gasteiger partial charge is 0.316 e. The molecule has 3 rings (SSSR count). The lowest BCUT2D eigenvalue weighted by Gasteiger charge is -2.21. The number of hydrogen-bond acceptors (Lipinski definition) is 3. The van der Waals surface area contributed by atoms with Crippen molar-refractivity contribution in [2.45, 2.75) is 38.5 Å². The predicted molar refractivity (Wildman–Crippen MR) is 74.7 cm³/mol. The molecule has 3 heterocycles. The summed E-state index contributed by atoms with van der Waals surface area (Å²) in [6.45, 7) is 6.19. The highest BCUT2D eigenvalue weighted by atomic mass is 16.1. The Kier molecular flexibility index (Phi) is 3.14. The molecule has 1 unspecified atom stereocenters. The van der Waals surface area contributed by atoms with Crippen LogP contribution in [0.1, 0.15) is 49.9 Å². The number of nitrogens with zero attached hydrogens (tertiary/aromatic N) is 2. The van der Waals surface area contributed by atoms with Crippen molar-refractivity contribution in [3.8, 4) is 0 Å². The molecule has 2 aromatic rings. The molecule has 1 atom stereocenters.